The van der Waals surface area contributed by atoms with Crippen LogP contribution in [0.3, 0.4) is 0 Å². The predicted octanol–water partition coefficient (Wildman–Crippen LogP) is 2.60. The van der Waals surface area contributed by atoms with Crippen LogP contribution < -0.4 is 10.6 Å². The number of aliphatic hydroxyl groups is 1. The van der Waals surface area contributed by atoms with Crippen molar-refractivity contribution in [2.45, 2.75) is 25.5 Å². The van der Waals surface area contributed by atoms with Gasteiger partial charge < -0.3 is 15.7 Å². The van der Waals surface area contributed by atoms with Crippen LogP contribution in [0.1, 0.15) is 19.4 Å². The van der Waals surface area contributed by atoms with Crippen LogP contribution in [0.5, 0.6) is 0 Å². The van der Waals surface area contributed by atoms with Crippen molar-refractivity contribution in [2.24, 2.45) is 0 Å². The van der Waals surface area contributed by atoms with E-state index in [1.165, 1.54) is 0 Å². The van der Waals surface area contributed by atoms with Gasteiger partial charge in [0.05, 0.1) is 6.54 Å². The van der Waals surface area contributed by atoms with Crippen LogP contribution in [0.2, 0.25) is 5.02 Å². The van der Waals surface area contributed by atoms with Crippen molar-refractivity contribution >= 4 is 29.4 Å². The molecule has 0 bridgehead atoms. The van der Waals surface area contributed by atoms with Crippen LogP contribution in [0.4, 0.5) is 4.79 Å². The molecule has 0 radical (unpaired) electrons. The van der Waals surface area contributed by atoms with Crippen LogP contribution in [-0.2, 0) is 5.60 Å². The monoisotopic (exact) mass is 316 g/mol. The minimum atomic E-state index is -1.21. The van der Waals surface area contributed by atoms with Gasteiger partial charge in [0.2, 0.25) is 0 Å². The topological polar surface area (TPSA) is 61.4 Å². The lowest BCUT2D eigenvalue weighted by atomic mass is 9.96. The molecule has 20 heavy (non-hydrogen) atoms. The van der Waals surface area contributed by atoms with Crippen molar-refractivity contribution in [3.05, 3.63) is 34.9 Å². The lowest BCUT2D eigenvalue weighted by Crippen LogP contribution is -2.46. The Morgan fingerprint density at radius 3 is 2.75 bits per heavy atom. The summed E-state index contributed by atoms with van der Waals surface area (Å²) in [5, 5.41) is 16.4. The number of thioether (sulfide) groups is 1. The summed E-state index contributed by atoms with van der Waals surface area (Å²) in [6.07, 6.45) is 1.98. The highest BCUT2D eigenvalue weighted by atomic mass is 35.5. The van der Waals surface area contributed by atoms with Crippen LogP contribution in [0.15, 0.2) is 24.3 Å². The van der Waals surface area contributed by atoms with E-state index in [4.69, 9.17) is 11.6 Å². The van der Waals surface area contributed by atoms with Crippen molar-refractivity contribution in [3.8, 4) is 0 Å². The van der Waals surface area contributed by atoms with E-state index in [-0.39, 0.29) is 18.6 Å². The molecule has 0 aliphatic heterocycles. The first-order valence-electron chi connectivity index (χ1n) is 6.37. The zero-order valence-electron chi connectivity index (χ0n) is 11.9. The average molecular weight is 317 g/mol. The second kappa shape index (κ2) is 7.76. The highest BCUT2D eigenvalue weighted by Crippen LogP contribution is 2.27. The summed E-state index contributed by atoms with van der Waals surface area (Å²) in [7, 11) is 0. The van der Waals surface area contributed by atoms with Gasteiger partial charge >= 0.3 is 6.03 Å². The lowest BCUT2D eigenvalue weighted by molar-refractivity contribution is 0.0594. The third-order valence-corrected chi connectivity index (χ3v) is 4.00. The minimum absolute atomic E-state index is 0.0789. The zero-order chi connectivity index (χ0) is 15.2. The molecule has 0 saturated heterocycles. The van der Waals surface area contributed by atoms with Crippen LogP contribution in [-0.4, -0.2) is 35.7 Å². The van der Waals surface area contributed by atoms with Gasteiger partial charge in [0.15, 0.2) is 0 Å². The highest BCUT2D eigenvalue weighted by molar-refractivity contribution is 7.98. The van der Waals surface area contributed by atoms with Gasteiger partial charge in [-0.3, -0.25) is 0 Å². The van der Waals surface area contributed by atoms with Gasteiger partial charge in [-0.25, -0.2) is 4.79 Å². The van der Waals surface area contributed by atoms with Gasteiger partial charge in [-0.1, -0.05) is 29.8 Å². The fourth-order valence-corrected chi connectivity index (χ4v) is 2.73. The maximum Gasteiger partial charge on any atom is 0.315 e. The molecule has 1 aromatic carbocycles. The van der Waals surface area contributed by atoms with E-state index in [0.29, 0.717) is 10.6 Å². The number of benzene rings is 1. The summed E-state index contributed by atoms with van der Waals surface area (Å²) >= 11 is 7.72. The molecular weight excluding hydrogens is 296 g/mol. The lowest BCUT2D eigenvalue weighted by Gasteiger charge is -2.25. The third kappa shape index (κ3) is 5.23. The summed E-state index contributed by atoms with van der Waals surface area (Å²) in [4.78, 5) is 11.7. The quantitative estimate of drug-likeness (QED) is 0.756. The molecule has 0 unspecified atom stereocenters. The average Bonchev–Trinajstić information content (AvgIpc) is 2.37. The Bertz CT molecular complexity index is 455. The van der Waals surface area contributed by atoms with Gasteiger partial charge in [-0.05, 0) is 26.2 Å². The Labute approximate surface area is 129 Å². The number of rotatable bonds is 6. The van der Waals surface area contributed by atoms with E-state index in [1.54, 1.807) is 43.0 Å². The molecule has 3 N–H and O–H groups in total. The Morgan fingerprint density at radius 1 is 1.50 bits per heavy atom. The standard InChI is InChI=1S/C14H21ClN2O2S/c1-10(8-20-3)17-13(18)16-9-14(2,19)11-6-4-5-7-12(11)15/h4-7,10,19H,8-9H2,1-3H3,(H2,16,17,18)/t10-,14-/m0/s1. The molecule has 4 nitrogen and oxygen atoms in total. The molecule has 1 aromatic rings. The number of halogens is 1. The smallest absolute Gasteiger partial charge is 0.315 e. The van der Waals surface area contributed by atoms with Gasteiger partial charge in [0.25, 0.3) is 0 Å². The Kier molecular flexibility index (Phi) is 6.65. The second-order valence-corrected chi connectivity index (χ2v) is 6.25. The molecule has 2 amide bonds. The first-order valence-corrected chi connectivity index (χ1v) is 8.14. The highest BCUT2D eigenvalue weighted by Gasteiger charge is 2.26. The van der Waals surface area contributed by atoms with Gasteiger partial charge in [-0.2, -0.15) is 11.8 Å². The predicted molar refractivity (Wildman–Crippen MR) is 85.4 cm³/mol. The molecule has 0 fully saturated rings. The summed E-state index contributed by atoms with van der Waals surface area (Å²) in [6, 6.07) is 6.85. The number of hydrogen-bond donors (Lipinski definition) is 3. The Balaban J connectivity index is 2.55. The molecule has 112 valence electrons. The van der Waals surface area contributed by atoms with E-state index in [0.717, 1.165) is 5.75 Å². The molecule has 0 saturated carbocycles. The maximum absolute atomic E-state index is 11.7. The number of amides is 2. The number of carbonyl (C=O) groups is 1. The Morgan fingerprint density at radius 2 is 2.15 bits per heavy atom. The third-order valence-electron chi connectivity index (χ3n) is 2.84. The largest absolute Gasteiger partial charge is 0.384 e. The molecule has 0 aliphatic carbocycles. The first-order chi connectivity index (χ1) is 9.36. The normalized spacial score (nSPS) is 15.2. The molecule has 0 spiro atoms. The minimum Gasteiger partial charge on any atom is -0.384 e. The molecule has 0 heterocycles. The fraction of sp³-hybridized carbons (Fsp3) is 0.500. The maximum atomic E-state index is 11.7. The summed E-state index contributed by atoms with van der Waals surface area (Å²) in [5.74, 6) is 0.842. The van der Waals surface area contributed by atoms with E-state index in [2.05, 4.69) is 10.6 Å². The van der Waals surface area contributed by atoms with E-state index >= 15 is 0 Å². The van der Waals surface area contributed by atoms with Gasteiger partial charge in [0, 0.05) is 22.4 Å². The van der Waals surface area contributed by atoms with Crippen molar-refractivity contribution in [1.82, 2.24) is 10.6 Å². The molecule has 1 rings (SSSR count). The van der Waals surface area contributed by atoms with Crippen molar-refractivity contribution < 1.29 is 9.90 Å². The van der Waals surface area contributed by atoms with Crippen molar-refractivity contribution in [1.29, 1.82) is 0 Å². The van der Waals surface area contributed by atoms with Crippen molar-refractivity contribution in [2.75, 3.05) is 18.6 Å². The number of carbonyl (C=O) groups excluding carboxylic acids is 1. The number of nitrogens with one attached hydrogen (secondary N) is 2. The van der Waals surface area contributed by atoms with Crippen molar-refractivity contribution in [3.63, 3.8) is 0 Å². The summed E-state index contributed by atoms with van der Waals surface area (Å²) in [6.45, 7) is 3.65. The van der Waals surface area contributed by atoms with E-state index in [9.17, 15) is 9.90 Å². The number of hydrogen-bond acceptors (Lipinski definition) is 3. The van der Waals surface area contributed by atoms with E-state index in [1.807, 2.05) is 13.2 Å². The number of urea groups is 1. The first kappa shape index (κ1) is 17.1. The van der Waals surface area contributed by atoms with Crippen LogP contribution in [0, 0.1) is 0 Å². The Hall–Kier alpha value is -0.910. The molecule has 0 aromatic heterocycles. The molecule has 2 atom stereocenters. The summed E-state index contributed by atoms with van der Waals surface area (Å²) < 4.78 is 0. The molecular formula is C14H21ClN2O2S. The second-order valence-electron chi connectivity index (χ2n) is 4.94. The molecule has 6 heteroatoms. The summed E-state index contributed by atoms with van der Waals surface area (Å²) in [5.41, 5.74) is -0.613. The zero-order valence-corrected chi connectivity index (χ0v) is 13.5. The van der Waals surface area contributed by atoms with Gasteiger partial charge in [0.1, 0.15) is 5.60 Å². The van der Waals surface area contributed by atoms with E-state index < -0.39 is 5.60 Å². The van der Waals surface area contributed by atoms with Crippen LogP contribution >= 0.6 is 23.4 Å². The van der Waals surface area contributed by atoms with Crippen LogP contribution in [0.25, 0.3) is 0 Å². The fourth-order valence-electron chi connectivity index (χ4n) is 1.81. The van der Waals surface area contributed by atoms with Gasteiger partial charge in [-0.15, -0.1) is 0 Å². The molecule has 0 aliphatic rings. The SMILES string of the molecule is CSC[C@H](C)NC(=O)NC[C@](C)(O)c1ccccc1Cl.